The second kappa shape index (κ2) is 4.50. The van der Waals surface area contributed by atoms with E-state index in [1.165, 1.54) is 12.1 Å². The zero-order chi connectivity index (χ0) is 12.4. The van der Waals surface area contributed by atoms with Crippen molar-refractivity contribution in [1.82, 2.24) is 10.1 Å². The van der Waals surface area contributed by atoms with E-state index in [4.69, 9.17) is 16.1 Å². The summed E-state index contributed by atoms with van der Waals surface area (Å²) in [5.74, 6) is 0.805. The zero-order valence-corrected chi connectivity index (χ0v) is 9.64. The lowest BCUT2D eigenvalue weighted by Gasteiger charge is -1.97. The van der Waals surface area contributed by atoms with Crippen LogP contribution in [-0.4, -0.2) is 15.1 Å². The first-order valence-corrected chi connectivity index (χ1v) is 5.26. The van der Waals surface area contributed by atoms with Crippen LogP contribution in [0, 0.1) is 10.1 Å². The maximum Gasteiger partial charge on any atom is 0.288 e. The summed E-state index contributed by atoms with van der Waals surface area (Å²) in [6.45, 7) is 1.89. The van der Waals surface area contributed by atoms with Crippen LogP contribution in [-0.2, 0) is 6.42 Å². The molecule has 0 aliphatic rings. The predicted octanol–water partition coefficient (Wildman–Crippen LogP) is 2.86. The topological polar surface area (TPSA) is 82.1 Å². The Labute approximate surface area is 101 Å². The van der Waals surface area contributed by atoms with Crippen LogP contribution in [0.15, 0.2) is 22.7 Å². The molecule has 0 saturated carbocycles. The molecule has 0 spiro atoms. The van der Waals surface area contributed by atoms with E-state index in [0.29, 0.717) is 17.8 Å². The fraction of sp³-hybridized carbons (Fsp3) is 0.200. The van der Waals surface area contributed by atoms with Crippen molar-refractivity contribution in [1.29, 1.82) is 0 Å². The van der Waals surface area contributed by atoms with E-state index in [1.807, 2.05) is 6.92 Å². The number of halogens is 1. The Balaban J connectivity index is 2.46. The summed E-state index contributed by atoms with van der Waals surface area (Å²) in [6.07, 6.45) is 0.638. The molecule has 0 aliphatic heterocycles. The molecule has 0 N–H and O–H groups in total. The van der Waals surface area contributed by atoms with Gasteiger partial charge in [0, 0.05) is 18.1 Å². The van der Waals surface area contributed by atoms with Crippen molar-refractivity contribution in [2.75, 3.05) is 0 Å². The average Bonchev–Trinajstić information content (AvgIpc) is 2.78. The van der Waals surface area contributed by atoms with Gasteiger partial charge in [0.15, 0.2) is 5.82 Å². The van der Waals surface area contributed by atoms with Crippen LogP contribution in [0.25, 0.3) is 11.5 Å². The second-order valence-electron chi connectivity index (χ2n) is 3.29. The fourth-order valence-electron chi connectivity index (χ4n) is 1.30. The number of nitro benzene ring substituents is 1. The van der Waals surface area contributed by atoms with E-state index in [2.05, 4.69) is 10.1 Å². The summed E-state index contributed by atoms with van der Waals surface area (Å²) in [6, 6.07) is 4.35. The third kappa shape index (κ3) is 2.26. The highest BCUT2D eigenvalue weighted by Gasteiger charge is 2.16. The molecular formula is C10H8ClN3O3. The average molecular weight is 254 g/mol. The van der Waals surface area contributed by atoms with E-state index in [-0.39, 0.29) is 16.6 Å². The lowest BCUT2D eigenvalue weighted by atomic mass is 10.2. The molecule has 0 atom stereocenters. The van der Waals surface area contributed by atoms with Gasteiger partial charge in [-0.15, -0.1) is 0 Å². The van der Waals surface area contributed by atoms with E-state index >= 15 is 0 Å². The number of nitro groups is 1. The van der Waals surface area contributed by atoms with Gasteiger partial charge in [-0.05, 0) is 12.1 Å². The van der Waals surface area contributed by atoms with Gasteiger partial charge in [-0.1, -0.05) is 23.7 Å². The van der Waals surface area contributed by atoms with Crippen molar-refractivity contribution < 1.29 is 9.45 Å². The van der Waals surface area contributed by atoms with Gasteiger partial charge in [-0.25, -0.2) is 0 Å². The summed E-state index contributed by atoms with van der Waals surface area (Å²) in [5, 5.41) is 14.5. The molecule has 0 fully saturated rings. The molecule has 0 radical (unpaired) electrons. The van der Waals surface area contributed by atoms with Crippen molar-refractivity contribution in [3.63, 3.8) is 0 Å². The lowest BCUT2D eigenvalue weighted by molar-refractivity contribution is -0.384. The highest BCUT2D eigenvalue weighted by molar-refractivity contribution is 6.32. The minimum Gasteiger partial charge on any atom is -0.334 e. The van der Waals surface area contributed by atoms with Gasteiger partial charge in [-0.3, -0.25) is 10.1 Å². The maximum atomic E-state index is 10.7. The molecule has 6 nitrogen and oxygen atoms in total. The Morgan fingerprint density at radius 3 is 2.88 bits per heavy atom. The number of hydrogen-bond acceptors (Lipinski definition) is 5. The number of aromatic nitrogens is 2. The van der Waals surface area contributed by atoms with Crippen molar-refractivity contribution in [3.8, 4) is 11.5 Å². The summed E-state index contributed by atoms with van der Waals surface area (Å²) in [4.78, 5) is 14.3. The SMILES string of the molecule is CCc1noc(-c2ccc(Cl)c([N+](=O)[O-])c2)n1. The molecule has 0 bridgehead atoms. The van der Waals surface area contributed by atoms with Crippen molar-refractivity contribution in [2.24, 2.45) is 0 Å². The fourth-order valence-corrected chi connectivity index (χ4v) is 1.49. The van der Waals surface area contributed by atoms with Crippen LogP contribution in [0.3, 0.4) is 0 Å². The van der Waals surface area contributed by atoms with E-state index in [0.717, 1.165) is 0 Å². The molecule has 2 aromatic rings. The maximum absolute atomic E-state index is 10.7. The number of benzene rings is 1. The summed E-state index contributed by atoms with van der Waals surface area (Å²) < 4.78 is 4.99. The Morgan fingerprint density at radius 1 is 1.53 bits per heavy atom. The van der Waals surface area contributed by atoms with Crippen molar-refractivity contribution in [3.05, 3.63) is 39.2 Å². The Kier molecular flexibility index (Phi) is 3.06. The van der Waals surface area contributed by atoms with Gasteiger partial charge in [-0.2, -0.15) is 4.98 Å². The molecule has 1 aromatic carbocycles. The molecule has 88 valence electrons. The minimum atomic E-state index is -0.553. The van der Waals surface area contributed by atoms with E-state index in [1.54, 1.807) is 6.07 Å². The molecule has 0 aliphatic carbocycles. The standard InChI is InChI=1S/C10H8ClN3O3/c1-2-9-12-10(17-13-9)6-3-4-7(11)8(5-6)14(15)16/h3-5H,2H2,1H3. The summed E-state index contributed by atoms with van der Waals surface area (Å²) >= 11 is 5.70. The Morgan fingerprint density at radius 2 is 2.29 bits per heavy atom. The first-order chi connectivity index (χ1) is 8.11. The highest BCUT2D eigenvalue weighted by Crippen LogP contribution is 2.29. The van der Waals surface area contributed by atoms with Gasteiger partial charge < -0.3 is 4.52 Å². The monoisotopic (exact) mass is 253 g/mol. The quantitative estimate of drug-likeness (QED) is 0.620. The molecule has 0 unspecified atom stereocenters. The molecule has 0 amide bonds. The number of hydrogen-bond donors (Lipinski definition) is 0. The van der Waals surface area contributed by atoms with Crippen LogP contribution >= 0.6 is 11.6 Å². The number of nitrogens with zero attached hydrogens (tertiary/aromatic N) is 3. The molecule has 7 heteroatoms. The van der Waals surface area contributed by atoms with E-state index < -0.39 is 4.92 Å². The Hall–Kier alpha value is -1.95. The molecule has 1 aromatic heterocycles. The van der Waals surface area contributed by atoms with Crippen LogP contribution in [0.2, 0.25) is 5.02 Å². The summed E-state index contributed by atoms with van der Waals surface area (Å²) in [5.41, 5.74) is 0.300. The first kappa shape index (κ1) is 11.5. The van der Waals surface area contributed by atoms with Gasteiger partial charge in [0.05, 0.1) is 4.92 Å². The second-order valence-corrected chi connectivity index (χ2v) is 3.70. The predicted molar refractivity (Wildman–Crippen MR) is 60.8 cm³/mol. The normalized spacial score (nSPS) is 10.5. The number of rotatable bonds is 3. The molecule has 17 heavy (non-hydrogen) atoms. The van der Waals surface area contributed by atoms with Gasteiger partial charge in [0.1, 0.15) is 5.02 Å². The first-order valence-electron chi connectivity index (χ1n) is 4.88. The lowest BCUT2D eigenvalue weighted by Crippen LogP contribution is -1.90. The van der Waals surface area contributed by atoms with Crippen LogP contribution in [0.4, 0.5) is 5.69 Å². The minimum absolute atomic E-state index is 0.0778. The third-order valence-corrected chi connectivity index (χ3v) is 2.49. The van der Waals surface area contributed by atoms with Crippen LogP contribution in [0.1, 0.15) is 12.7 Å². The third-order valence-electron chi connectivity index (χ3n) is 2.17. The zero-order valence-electron chi connectivity index (χ0n) is 8.88. The smallest absolute Gasteiger partial charge is 0.288 e. The number of aryl methyl sites for hydroxylation is 1. The highest BCUT2D eigenvalue weighted by atomic mass is 35.5. The van der Waals surface area contributed by atoms with E-state index in [9.17, 15) is 10.1 Å². The van der Waals surface area contributed by atoms with Gasteiger partial charge in [0.25, 0.3) is 11.6 Å². The molecule has 0 saturated heterocycles. The van der Waals surface area contributed by atoms with Crippen molar-refractivity contribution >= 4 is 17.3 Å². The summed E-state index contributed by atoms with van der Waals surface area (Å²) in [7, 11) is 0. The molecule has 2 rings (SSSR count). The largest absolute Gasteiger partial charge is 0.334 e. The van der Waals surface area contributed by atoms with Gasteiger partial charge >= 0.3 is 0 Å². The molecular weight excluding hydrogens is 246 g/mol. The van der Waals surface area contributed by atoms with Crippen LogP contribution in [0.5, 0.6) is 0 Å². The molecule has 1 heterocycles. The Bertz CT molecular complexity index is 568. The van der Waals surface area contributed by atoms with Crippen molar-refractivity contribution in [2.45, 2.75) is 13.3 Å². The van der Waals surface area contributed by atoms with Gasteiger partial charge in [0.2, 0.25) is 0 Å². The van der Waals surface area contributed by atoms with Crippen LogP contribution < -0.4 is 0 Å².